The molecule has 2 nitrogen and oxygen atoms in total. The summed E-state index contributed by atoms with van der Waals surface area (Å²) in [5.41, 5.74) is 3.11. The van der Waals surface area contributed by atoms with E-state index in [1.54, 1.807) is 12.1 Å². The summed E-state index contributed by atoms with van der Waals surface area (Å²) >= 11 is 0. The highest BCUT2D eigenvalue weighted by Gasteiger charge is 2.31. The van der Waals surface area contributed by atoms with Crippen LogP contribution in [0.15, 0.2) is 48.5 Å². The number of rotatable bonds is 4. The van der Waals surface area contributed by atoms with Crippen LogP contribution in [0.5, 0.6) is 5.75 Å². The van der Waals surface area contributed by atoms with E-state index < -0.39 is 6.36 Å². The van der Waals surface area contributed by atoms with Gasteiger partial charge in [0, 0.05) is 6.61 Å². The van der Waals surface area contributed by atoms with E-state index in [-0.39, 0.29) is 12.4 Å². The summed E-state index contributed by atoms with van der Waals surface area (Å²) in [6, 6.07) is 14.1. The lowest BCUT2D eigenvalue weighted by atomic mass is 9.79. The minimum atomic E-state index is -4.67. The van der Waals surface area contributed by atoms with Crippen molar-refractivity contribution in [3.05, 3.63) is 54.1 Å². The maximum Gasteiger partial charge on any atom is 0.573 e. The number of alkyl halides is 3. The highest BCUT2D eigenvalue weighted by molar-refractivity contribution is 5.64. The van der Waals surface area contributed by atoms with E-state index in [4.69, 9.17) is 0 Å². The number of aliphatic hydroxyl groups is 1. The average Bonchev–Trinajstić information content (AvgIpc) is 2.61. The molecule has 2 aromatic carbocycles. The van der Waals surface area contributed by atoms with Crippen molar-refractivity contribution in [2.45, 2.75) is 38.0 Å². The molecule has 25 heavy (non-hydrogen) atoms. The minimum absolute atomic E-state index is 0.214. The van der Waals surface area contributed by atoms with Crippen molar-refractivity contribution in [2.75, 3.05) is 6.61 Å². The summed E-state index contributed by atoms with van der Waals surface area (Å²) in [4.78, 5) is 0. The summed E-state index contributed by atoms with van der Waals surface area (Å²) in [6.45, 7) is 0.277. The molecule has 0 amide bonds. The molecule has 1 aliphatic rings. The van der Waals surface area contributed by atoms with Crippen molar-refractivity contribution in [1.29, 1.82) is 0 Å². The maximum absolute atomic E-state index is 12.2. The van der Waals surface area contributed by atoms with Gasteiger partial charge in [0.2, 0.25) is 0 Å². The van der Waals surface area contributed by atoms with E-state index in [1.165, 1.54) is 17.7 Å². The van der Waals surface area contributed by atoms with Crippen molar-refractivity contribution in [1.82, 2.24) is 0 Å². The molecule has 0 unspecified atom stereocenters. The summed E-state index contributed by atoms with van der Waals surface area (Å²) in [5, 5.41) is 9.22. The van der Waals surface area contributed by atoms with Crippen LogP contribution >= 0.6 is 0 Å². The summed E-state index contributed by atoms with van der Waals surface area (Å²) < 4.78 is 40.5. The monoisotopic (exact) mass is 350 g/mol. The third kappa shape index (κ3) is 4.75. The van der Waals surface area contributed by atoms with Crippen LogP contribution in [-0.2, 0) is 0 Å². The second-order valence-electron chi connectivity index (χ2n) is 6.59. The Balaban J connectivity index is 1.66. The molecule has 134 valence electrons. The second-order valence-corrected chi connectivity index (χ2v) is 6.59. The molecule has 0 saturated heterocycles. The molecular formula is C20H21F3O2. The van der Waals surface area contributed by atoms with Gasteiger partial charge in [0.25, 0.3) is 0 Å². The molecule has 0 aliphatic heterocycles. The number of aliphatic hydroxyl groups excluding tert-OH is 1. The lowest BCUT2D eigenvalue weighted by Gasteiger charge is -2.27. The predicted molar refractivity (Wildman–Crippen MR) is 90.3 cm³/mol. The Kier molecular flexibility index (Phi) is 5.33. The first-order valence-corrected chi connectivity index (χ1v) is 8.51. The molecule has 0 radical (unpaired) electrons. The fourth-order valence-corrected chi connectivity index (χ4v) is 3.48. The molecule has 1 N–H and O–H groups in total. The van der Waals surface area contributed by atoms with Crippen molar-refractivity contribution >= 4 is 0 Å². The van der Waals surface area contributed by atoms with Crippen molar-refractivity contribution in [3.8, 4) is 16.9 Å². The SMILES string of the molecule is OCC1CCC(c2ccc(-c3ccc(OC(F)(F)F)cc3)cc2)CC1. The molecule has 1 aliphatic carbocycles. The van der Waals surface area contributed by atoms with Gasteiger partial charge >= 0.3 is 6.36 Å². The standard InChI is InChI=1S/C20H21F3O2/c21-20(22,23)25-19-11-9-18(10-12-19)17-7-5-16(6-8-17)15-3-1-14(13-24)2-4-15/h5-12,14-15,24H,1-4,13H2. The van der Waals surface area contributed by atoms with Gasteiger partial charge in [0.05, 0.1) is 0 Å². The molecule has 0 atom stereocenters. The predicted octanol–water partition coefficient (Wildman–Crippen LogP) is 5.52. The first-order valence-electron chi connectivity index (χ1n) is 8.51. The fraction of sp³-hybridized carbons (Fsp3) is 0.400. The summed E-state index contributed by atoms with van der Waals surface area (Å²) in [7, 11) is 0. The molecule has 0 spiro atoms. The Morgan fingerprint density at radius 1 is 0.840 bits per heavy atom. The molecular weight excluding hydrogens is 329 g/mol. The van der Waals surface area contributed by atoms with Crippen LogP contribution in [0.2, 0.25) is 0 Å². The Labute approximate surface area is 145 Å². The Morgan fingerprint density at radius 2 is 1.36 bits per heavy atom. The number of benzene rings is 2. The van der Waals surface area contributed by atoms with Crippen LogP contribution in [0.3, 0.4) is 0 Å². The van der Waals surface area contributed by atoms with Gasteiger partial charge in [-0.05, 0) is 66.3 Å². The summed E-state index contributed by atoms with van der Waals surface area (Å²) in [6.07, 6.45) is -0.368. The van der Waals surface area contributed by atoms with Gasteiger partial charge in [-0.15, -0.1) is 13.2 Å². The molecule has 0 aromatic heterocycles. The zero-order chi connectivity index (χ0) is 17.9. The Bertz CT molecular complexity index is 670. The van der Waals surface area contributed by atoms with Gasteiger partial charge in [-0.1, -0.05) is 36.4 Å². The van der Waals surface area contributed by atoms with Gasteiger partial charge in [-0.3, -0.25) is 0 Å². The van der Waals surface area contributed by atoms with Crippen molar-refractivity contribution in [3.63, 3.8) is 0 Å². The van der Waals surface area contributed by atoms with Crippen LogP contribution in [-0.4, -0.2) is 18.1 Å². The highest BCUT2D eigenvalue weighted by Crippen LogP contribution is 2.36. The number of ether oxygens (including phenoxy) is 1. The average molecular weight is 350 g/mol. The van der Waals surface area contributed by atoms with Gasteiger partial charge in [0.1, 0.15) is 5.75 Å². The summed E-state index contributed by atoms with van der Waals surface area (Å²) in [5.74, 6) is 0.751. The van der Waals surface area contributed by atoms with Gasteiger partial charge in [-0.25, -0.2) is 0 Å². The van der Waals surface area contributed by atoms with E-state index >= 15 is 0 Å². The van der Waals surface area contributed by atoms with E-state index in [0.717, 1.165) is 36.8 Å². The van der Waals surface area contributed by atoms with E-state index in [1.807, 2.05) is 12.1 Å². The quantitative estimate of drug-likeness (QED) is 0.787. The van der Waals surface area contributed by atoms with Crippen LogP contribution in [0, 0.1) is 5.92 Å². The third-order valence-electron chi connectivity index (χ3n) is 4.91. The van der Waals surface area contributed by atoms with E-state index in [9.17, 15) is 18.3 Å². The Hall–Kier alpha value is -2.01. The van der Waals surface area contributed by atoms with Crippen LogP contribution in [0.25, 0.3) is 11.1 Å². The normalized spacial score (nSPS) is 21.1. The minimum Gasteiger partial charge on any atom is -0.406 e. The fourth-order valence-electron chi connectivity index (χ4n) is 3.48. The number of halogens is 3. The van der Waals surface area contributed by atoms with Gasteiger partial charge < -0.3 is 9.84 Å². The largest absolute Gasteiger partial charge is 0.573 e. The third-order valence-corrected chi connectivity index (χ3v) is 4.91. The van der Waals surface area contributed by atoms with E-state index in [0.29, 0.717) is 11.8 Å². The maximum atomic E-state index is 12.2. The second kappa shape index (κ2) is 7.48. The molecule has 3 rings (SSSR count). The van der Waals surface area contributed by atoms with Gasteiger partial charge in [-0.2, -0.15) is 0 Å². The van der Waals surface area contributed by atoms with Crippen LogP contribution in [0.4, 0.5) is 13.2 Å². The Morgan fingerprint density at radius 3 is 1.84 bits per heavy atom. The molecule has 1 saturated carbocycles. The van der Waals surface area contributed by atoms with Crippen molar-refractivity contribution in [2.24, 2.45) is 5.92 Å². The molecule has 5 heteroatoms. The topological polar surface area (TPSA) is 29.5 Å². The lowest BCUT2D eigenvalue weighted by Crippen LogP contribution is -2.16. The first-order chi connectivity index (χ1) is 11.9. The molecule has 2 aromatic rings. The van der Waals surface area contributed by atoms with Crippen LogP contribution in [0.1, 0.15) is 37.2 Å². The van der Waals surface area contributed by atoms with E-state index in [2.05, 4.69) is 16.9 Å². The molecule has 0 bridgehead atoms. The lowest BCUT2D eigenvalue weighted by molar-refractivity contribution is -0.274. The number of hydrogen-bond acceptors (Lipinski definition) is 2. The highest BCUT2D eigenvalue weighted by atomic mass is 19.4. The number of hydrogen-bond donors (Lipinski definition) is 1. The van der Waals surface area contributed by atoms with Gasteiger partial charge in [0.15, 0.2) is 0 Å². The van der Waals surface area contributed by atoms with Crippen molar-refractivity contribution < 1.29 is 23.0 Å². The molecule has 1 fully saturated rings. The smallest absolute Gasteiger partial charge is 0.406 e. The first kappa shape index (κ1) is 17.8. The zero-order valence-corrected chi connectivity index (χ0v) is 13.8. The van der Waals surface area contributed by atoms with Crippen LogP contribution < -0.4 is 4.74 Å². The molecule has 0 heterocycles. The zero-order valence-electron chi connectivity index (χ0n) is 13.8.